The third kappa shape index (κ3) is 4.68. The summed E-state index contributed by atoms with van der Waals surface area (Å²) in [5.41, 5.74) is 1.16. The normalized spacial score (nSPS) is 14.6. The molecule has 2 atom stereocenters. The second kappa shape index (κ2) is 7.72. The molecule has 2 unspecified atom stereocenters. The molecule has 0 aliphatic heterocycles. The summed E-state index contributed by atoms with van der Waals surface area (Å²) in [5, 5.41) is 4.12. The minimum atomic E-state index is 0.391. The molecule has 0 radical (unpaired) electrons. The fourth-order valence-electron chi connectivity index (χ4n) is 1.69. The summed E-state index contributed by atoms with van der Waals surface area (Å²) in [5.74, 6) is 0. The molecule has 0 fully saturated rings. The molecule has 17 heavy (non-hydrogen) atoms. The molecule has 0 spiro atoms. The highest BCUT2D eigenvalue weighted by Crippen LogP contribution is 2.25. The molecule has 0 aliphatic carbocycles. The zero-order chi connectivity index (χ0) is 12.7. The van der Waals surface area contributed by atoms with Gasteiger partial charge >= 0.3 is 0 Å². The molecule has 0 saturated carbocycles. The highest BCUT2D eigenvalue weighted by Gasteiger charge is 2.09. The predicted octanol–water partition coefficient (Wildman–Crippen LogP) is 4.03. The van der Waals surface area contributed by atoms with Crippen LogP contribution in [0.25, 0.3) is 0 Å². The Bertz CT molecular complexity index is 311. The highest BCUT2D eigenvalue weighted by molar-refractivity contribution is 7.99. The number of rotatable bonds is 7. The standard InChI is InChI=1S/C14H24N2S/c1-5-11(4)17-12-8-9-14(16-10-12)13(6-2)15-7-3/h8-11,13,15H,5-7H2,1-4H3. The van der Waals surface area contributed by atoms with Gasteiger partial charge in [0, 0.05) is 22.4 Å². The molecule has 0 amide bonds. The lowest BCUT2D eigenvalue weighted by Gasteiger charge is -2.15. The van der Waals surface area contributed by atoms with Crippen LogP contribution in [0.15, 0.2) is 23.2 Å². The number of nitrogens with one attached hydrogen (secondary N) is 1. The third-order valence-corrected chi connectivity index (χ3v) is 4.14. The number of hydrogen-bond acceptors (Lipinski definition) is 3. The Morgan fingerprint density at radius 3 is 2.47 bits per heavy atom. The molecule has 3 heteroatoms. The van der Waals surface area contributed by atoms with E-state index in [1.807, 2.05) is 18.0 Å². The van der Waals surface area contributed by atoms with Crippen molar-refractivity contribution in [1.29, 1.82) is 0 Å². The minimum Gasteiger partial charge on any atom is -0.309 e. The molecule has 96 valence electrons. The van der Waals surface area contributed by atoms with Crippen LogP contribution in [-0.4, -0.2) is 16.8 Å². The molecule has 1 aromatic heterocycles. The Labute approximate surface area is 110 Å². The average Bonchev–Trinajstić information content (AvgIpc) is 2.37. The molecular weight excluding hydrogens is 228 g/mol. The molecule has 1 rings (SSSR count). The van der Waals surface area contributed by atoms with E-state index in [0.29, 0.717) is 11.3 Å². The highest BCUT2D eigenvalue weighted by atomic mass is 32.2. The second-order valence-corrected chi connectivity index (χ2v) is 5.79. The van der Waals surface area contributed by atoms with Gasteiger partial charge in [-0.15, -0.1) is 11.8 Å². The zero-order valence-electron chi connectivity index (χ0n) is 11.4. The van der Waals surface area contributed by atoms with Crippen molar-refractivity contribution in [2.75, 3.05) is 6.54 Å². The van der Waals surface area contributed by atoms with E-state index in [2.05, 4.69) is 50.1 Å². The van der Waals surface area contributed by atoms with Gasteiger partial charge in [-0.3, -0.25) is 4.98 Å². The largest absolute Gasteiger partial charge is 0.309 e. The van der Waals surface area contributed by atoms with Crippen LogP contribution in [0.3, 0.4) is 0 Å². The van der Waals surface area contributed by atoms with E-state index in [4.69, 9.17) is 0 Å². The van der Waals surface area contributed by atoms with Crippen molar-refractivity contribution in [3.63, 3.8) is 0 Å². The molecular formula is C14H24N2S. The van der Waals surface area contributed by atoms with Gasteiger partial charge in [-0.2, -0.15) is 0 Å². The van der Waals surface area contributed by atoms with E-state index >= 15 is 0 Å². The number of nitrogens with zero attached hydrogens (tertiary/aromatic N) is 1. The van der Waals surface area contributed by atoms with Crippen molar-refractivity contribution < 1.29 is 0 Å². The van der Waals surface area contributed by atoms with Crippen LogP contribution in [-0.2, 0) is 0 Å². The van der Waals surface area contributed by atoms with Crippen molar-refractivity contribution >= 4 is 11.8 Å². The number of aromatic nitrogens is 1. The van der Waals surface area contributed by atoms with Gasteiger partial charge in [-0.1, -0.05) is 27.7 Å². The summed E-state index contributed by atoms with van der Waals surface area (Å²) in [6.45, 7) is 9.79. The first-order valence-electron chi connectivity index (χ1n) is 6.57. The molecule has 0 aliphatic rings. The van der Waals surface area contributed by atoms with E-state index in [1.54, 1.807) is 0 Å². The summed E-state index contributed by atoms with van der Waals surface area (Å²) in [7, 11) is 0. The summed E-state index contributed by atoms with van der Waals surface area (Å²) < 4.78 is 0. The Morgan fingerprint density at radius 1 is 1.24 bits per heavy atom. The van der Waals surface area contributed by atoms with Gasteiger partial charge in [-0.25, -0.2) is 0 Å². The summed E-state index contributed by atoms with van der Waals surface area (Å²) in [6, 6.07) is 4.74. The molecule has 0 aromatic carbocycles. The second-order valence-electron chi connectivity index (χ2n) is 4.27. The van der Waals surface area contributed by atoms with Gasteiger partial charge in [0.15, 0.2) is 0 Å². The minimum absolute atomic E-state index is 0.391. The van der Waals surface area contributed by atoms with Gasteiger partial charge in [0.25, 0.3) is 0 Å². The molecule has 0 bridgehead atoms. The van der Waals surface area contributed by atoms with E-state index in [1.165, 1.54) is 11.3 Å². The van der Waals surface area contributed by atoms with E-state index < -0.39 is 0 Å². The first kappa shape index (κ1) is 14.5. The lowest BCUT2D eigenvalue weighted by atomic mass is 10.1. The number of hydrogen-bond donors (Lipinski definition) is 1. The van der Waals surface area contributed by atoms with Crippen LogP contribution in [0.2, 0.25) is 0 Å². The smallest absolute Gasteiger partial charge is 0.0573 e. The van der Waals surface area contributed by atoms with Gasteiger partial charge in [0.1, 0.15) is 0 Å². The van der Waals surface area contributed by atoms with Gasteiger partial charge in [0.2, 0.25) is 0 Å². The maximum atomic E-state index is 4.57. The number of pyridine rings is 1. The van der Waals surface area contributed by atoms with Gasteiger partial charge in [-0.05, 0) is 31.5 Å². The van der Waals surface area contributed by atoms with Gasteiger partial charge in [0.05, 0.1) is 5.69 Å². The quantitative estimate of drug-likeness (QED) is 0.742. The topological polar surface area (TPSA) is 24.9 Å². The maximum absolute atomic E-state index is 4.57. The van der Waals surface area contributed by atoms with Crippen LogP contribution >= 0.6 is 11.8 Å². The Hall–Kier alpha value is -0.540. The Balaban J connectivity index is 2.66. The van der Waals surface area contributed by atoms with Crippen molar-refractivity contribution in [2.24, 2.45) is 0 Å². The molecule has 0 saturated heterocycles. The zero-order valence-corrected chi connectivity index (χ0v) is 12.2. The summed E-state index contributed by atoms with van der Waals surface area (Å²) in [6.07, 6.45) is 4.28. The molecule has 1 heterocycles. The van der Waals surface area contributed by atoms with Crippen LogP contribution in [0.1, 0.15) is 52.3 Å². The SMILES string of the molecule is CCNC(CC)c1ccc(SC(C)CC)cn1. The molecule has 2 nitrogen and oxygen atoms in total. The van der Waals surface area contributed by atoms with Crippen molar-refractivity contribution in [2.45, 2.75) is 56.7 Å². The van der Waals surface area contributed by atoms with Crippen LogP contribution in [0.4, 0.5) is 0 Å². The van der Waals surface area contributed by atoms with E-state index in [9.17, 15) is 0 Å². The first-order valence-corrected chi connectivity index (χ1v) is 7.45. The summed E-state index contributed by atoms with van der Waals surface area (Å²) in [4.78, 5) is 5.85. The van der Waals surface area contributed by atoms with Crippen molar-refractivity contribution in [1.82, 2.24) is 10.3 Å². The lowest BCUT2D eigenvalue weighted by Crippen LogP contribution is -2.20. The predicted molar refractivity (Wildman–Crippen MR) is 76.6 cm³/mol. The number of thioether (sulfide) groups is 1. The van der Waals surface area contributed by atoms with Crippen molar-refractivity contribution in [3.05, 3.63) is 24.0 Å². The average molecular weight is 252 g/mol. The van der Waals surface area contributed by atoms with Gasteiger partial charge < -0.3 is 5.32 Å². The Morgan fingerprint density at radius 2 is 2.00 bits per heavy atom. The monoisotopic (exact) mass is 252 g/mol. The first-order chi connectivity index (χ1) is 8.21. The maximum Gasteiger partial charge on any atom is 0.0573 e. The molecule has 1 N–H and O–H groups in total. The summed E-state index contributed by atoms with van der Waals surface area (Å²) >= 11 is 1.90. The fourth-order valence-corrected chi connectivity index (χ4v) is 2.58. The van der Waals surface area contributed by atoms with Crippen LogP contribution < -0.4 is 5.32 Å². The third-order valence-electron chi connectivity index (χ3n) is 2.89. The van der Waals surface area contributed by atoms with E-state index in [-0.39, 0.29) is 0 Å². The molecule has 1 aromatic rings. The van der Waals surface area contributed by atoms with E-state index in [0.717, 1.165) is 18.7 Å². The van der Waals surface area contributed by atoms with Crippen LogP contribution in [0.5, 0.6) is 0 Å². The fraction of sp³-hybridized carbons (Fsp3) is 0.643. The lowest BCUT2D eigenvalue weighted by molar-refractivity contribution is 0.524. The Kier molecular flexibility index (Phi) is 6.60. The van der Waals surface area contributed by atoms with Crippen LogP contribution in [0, 0.1) is 0 Å². The van der Waals surface area contributed by atoms with Crippen molar-refractivity contribution in [3.8, 4) is 0 Å².